The van der Waals surface area contributed by atoms with Gasteiger partial charge in [-0.15, -0.1) is 0 Å². The highest BCUT2D eigenvalue weighted by Gasteiger charge is 2.28. The maximum absolute atomic E-state index is 11.8. The van der Waals surface area contributed by atoms with Crippen molar-refractivity contribution in [3.63, 3.8) is 0 Å². The van der Waals surface area contributed by atoms with Crippen LogP contribution in [0.15, 0.2) is 18.2 Å². The van der Waals surface area contributed by atoms with Crippen molar-refractivity contribution in [1.29, 1.82) is 0 Å². The van der Waals surface area contributed by atoms with Crippen LogP contribution in [0.4, 0.5) is 10.5 Å². The van der Waals surface area contributed by atoms with E-state index in [1.807, 2.05) is 0 Å². The summed E-state index contributed by atoms with van der Waals surface area (Å²) in [5, 5.41) is 7.84. The zero-order valence-electron chi connectivity index (χ0n) is 13.0. The predicted octanol–water partition coefficient (Wildman–Crippen LogP) is 0.773. The van der Waals surface area contributed by atoms with Gasteiger partial charge in [0.05, 0.1) is 30.2 Å². The number of sulfone groups is 1. The zero-order chi connectivity index (χ0) is 17.7. The van der Waals surface area contributed by atoms with Crippen molar-refractivity contribution < 1.29 is 22.7 Å². The summed E-state index contributed by atoms with van der Waals surface area (Å²) < 4.78 is 27.6. The summed E-state index contributed by atoms with van der Waals surface area (Å²) in [6.45, 7) is -0.255. The van der Waals surface area contributed by atoms with Gasteiger partial charge in [0, 0.05) is 11.7 Å². The highest BCUT2D eigenvalue weighted by Crippen LogP contribution is 2.27. The molecule has 1 aliphatic rings. The number of amides is 3. The molecule has 0 aromatic heterocycles. The van der Waals surface area contributed by atoms with Crippen molar-refractivity contribution in [1.82, 2.24) is 10.6 Å². The molecule has 0 bridgehead atoms. The minimum Gasteiger partial charge on any atom is -0.495 e. The van der Waals surface area contributed by atoms with E-state index in [9.17, 15) is 18.0 Å². The average molecular weight is 376 g/mol. The van der Waals surface area contributed by atoms with Crippen molar-refractivity contribution in [3.8, 4) is 5.75 Å². The normalized spacial score (nSPS) is 18.7. The number of anilines is 1. The molecule has 1 fully saturated rings. The molecule has 1 atom stereocenters. The van der Waals surface area contributed by atoms with Crippen molar-refractivity contribution in [2.75, 3.05) is 30.5 Å². The monoisotopic (exact) mass is 375 g/mol. The lowest BCUT2D eigenvalue weighted by molar-refractivity contribution is -0.115. The molecule has 3 N–H and O–H groups in total. The molecule has 132 valence electrons. The van der Waals surface area contributed by atoms with Crippen LogP contribution in [0.1, 0.15) is 6.42 Å². The van der Waals surface area contributed by atoms with Crippen molar-refractivity contribution in [3.05, 3.63) is 23.2 Å². The first-order valence-electron chi connectivity index (χ1n) is 7.17. The van der Waals surface area contributed by atoms with Gasteiger partial charge < -0.3 is 20.7 Å². The van der Waals surface area contributed by atoms with Crippen molar-refractivity contribution >= 4 is 39.1 Å². The van der Waals surface area contributed by atoms with E-state index in [0.717, 1.165) is 0 Å². The second kappa shape index (κ2) is 7.71. The van der Waals surface area contributed by atoms with Gasteiger partial charge in [0.25, 0.3) is 0 Å². The van der Waals surface area contributed by atoms with E-state index in [4.69, 9.17) is 16.3 Å². The van der Waals surface area contributed by atoms with Crippen LogP contribution in [-0.4, -0.2) is 51.6 Å². The third kappa shape index (κ3) is 5.27. The van der Waals surface area contributed by atoms with Crippen LogP contribution in [0.2, 0.25) is 5.02 Å². The molecule has 0 aliphatic carbocycles. The number of hydrogen-bond acceptors (Lipinski definition) is 5. The largest absolute Gasteiger partial charge is 0.495 e. The molecule has 3 amide bonds. The van der Waals surface area contributed by atoms with Crippen molar-refractivity contribution in [2.45, 2.75) is 12.5 Å². The van der Waals surface area contributed by atoms with Crippen LogP contribution in [0.3, 0.4) is 0 Å². The van der Waals surface area contributed by atoms with Gasteiger partial charge in [-0.25, -0.2) is 13.2 Å². The molecular weight excluding hydrogens is 358 g/mol. The minimum absolute atomic E-state index is 0.0661. The molecule has 1 heterocycles. The Labute approximate surface area is 144 Å². The second-order valence-corrected chi connectivity index (χ2v) is 7.96. The van der Waals surface area contributed by atoms with Gasteiger partial charge in [0.1, 0.15) is 5.75 Å². The predicted molar refractivity (Wildman–Crippen MR) is 90.2 cm³/mol. The van der Waals surface area contributed by atoms with Gasteiger partial charge >= 0.3 is 6.03 Å². The van der Waals surface area contributed by atoms with Gasteiger partial charge in [0.2, 0.25) is 5.91 Å². The molecule has 10 heteroatoms. The molecule has 1 aliphatic heterocycles. The van der Waals surface area contributed by atoms with E-state index >= 15 is 0 Å². The molecule has 8 nitrogen and oxygen atoms in total. The van der Waals surface area contributed by atoms with Crippen LogP contribution in [0, 0.1) is 0 Å². The van der Waals surface area contributed by atoms with E-state index < -0.39 is 27.8 Å². The van der Waals surface area contributed by atoms with Gasteiger partial charge in [-0.05, 0) is 24.6 Å². The number of hydrogen-bond donors (Lipinski definition) is 3. The number of nitrogens with one attached hydrogen (secondary N) is 3. The van der Waals surface area contributed by atoms with E-state index in [2.05, 4.69) is 16.0 Å². The summed E-state index contributed by atoms with van der Waals surface area (Å²) in [4.78, 5) is 23.5. The van der Waals surface area contributed by atoms with Crippen LogP contribution in [0.5, 0.6) is 5.75 Å². The summed E-state index contributed by atoms with van der Waals surface area (Å²) in [7, 11) is -1.58. The number of halogens is 1. The van der Waals surface area contributed by atoms with E-state index in [-0.39, 0.29) is 18.1 Å². The van der Waals surface area contributed by atoms with E-state index in [0.29, 0.717) is 22.9 Å². The highest BCUT2D eigenvalue weighted by atomic mass is 35.5. The molecule has 1 saturated heterocycles. The minimum atomic E-state index is -3.07. The number of carbonyl (C=O) groups excluding carboxylic acids is 2. The van der Waals surface area contributed by atoms with Gasteiger partial charge in [-0.2, -0.15) is 0 Å². The molecule has 0 radical (unpaired) electrons. The van der Waals surface area contributed by atoms with E-state index in [1.165, 1.54) is 13.2 Å². The Kier molecular flexibility index (Phi) is 5.89. The maximum Gasteiger partial charge on any atom is 0.315 e. The number of benzene rings is 1. The Balaban J connectivity index is 1.76. The first-order valence-corrected chi connectivity index (χ1v) is 9.37. The Morgan fingerprint density at radius 3 is 2.71 bits per heavy atom. The quantitative estimate of drug-likeness (QED) is 0.703. The molecule has 0 saturated carbocycles. The lowest BCUT2D eigenvalue weighted by atomic mass is 10.3. The molecular formula is C14H18ClN3O5S. The summed E-state index contributed by atoms with van der Waals surface area (Å²) in [5.41, 5.74) is 0.467. The van der Waals surface area contributed by atoms with Crippen molar-refractivity contribution in [2.24, 2.45) is 0 Å². The number of rotatable bonds is 5. The summed E-state index contributed by atoms with van der Waals surface area (Å²) >= 11 is 5.95. The Morgan fingerprint density at radius 1 is 1.38 bits per heavy atom. The fourth-order valence-corrected chi connectivity index (χ4v) is 4.19. The third-order valence-electron chi connectivity index (χ3n) is 3.41. The first kappa shape index (κ1) is 18.3. The highest BCUT2D eigenvalue weighted by molar-refractivity contribution is 7.91. The number of urea groups is 1. The van der Waals surface area contributed by atoms with E-state index in [1.54, 1.807) is 12.1 Å². The fraction of sp³-hybridized carbons (Fsp3) is 0.429. The van der Waals surface area contributed by atoms with Gasteiger partial charge in [0.15, 0.2) is 9.84 Å². The second-order valence-electron chi connectivity index (χ2n) is 5.32. The van der Waals surface area contributed by atoms with Crippen LogP contribution in [0.25, 0.3) is 0 Å². The van der Waals surface area contributed by atoms with Crippen LogP contribution < -0.4 is 20.7 Å². The van der Waals surface area contributed by atoms with Gasteiger partial charge in [-0.3, -0.25) is 4.79 Å². The molecule has 1 aromatic carbocycles. The molecule has 0 unspecified atom stereocenters. The van der Waals surface area contributed by atoms with Gasteiger partial charge in [-0.1, -0.05) is 11.6 Å². The molecule has 1 aromatic rings. The molecule has 24 heavy (non-hydrogen) atoms. The topological polar surface area (TPSA) is 114 Å². The lowest BCUT2D eigenvalue weighted by Crippen LogP contribution is -2.45. The number of carbonyl (C=O) groups is 2. The van der Waals surface area contributed by atoms with Crippen LogP contribution >= 0.6 is 11.6 Å². The SMILES string of the molecule is COc1ccc(NC(=O)CNC(=O)N[C@@H]2CCS(=O)(=O)C2)cc1Cl. The standard InChI is InChI=1S/C14H18ClN3O5S/c1-23-12-3-2-9(6-11(12)15)17-13(19)7-16-14(20)18-10-4-5-24(21,22)8-10/h2-3,6,10H,4-5,7-8H2,1H3,(H,17,19)(H2,16,18,20)/t10-/m1/s1. The summed E-state index contributed by atoms with van der Waals surface area (Å²) in [6.07, 6.45) is 0.381. The summed E-state index contributed by atoms with van der Waals surface area (Å²) in [5.74, 6) is 0.0391. The maximum atomic E-state index is 11.8. The summed E-state index contributed by atoms with van der Waals surface area (Å²) in [6, 6.07) is 3.75. The number of ether oxygens (including phenoxy) is 1. The number of methoxy groups -OCH3 is 1. The molecule has 2 rings (SSSR count). The zero-order valence-corrected chi connectivity index (χ0v) is 14.5. The lowest BCUT2D eigenvalue weighted by Gasteiger charge is -2.12. The molecule has 0 spiro atoms. The Morgan fingerprint density at radius 2 is 2.12 bits per heavy atom. The fourth-order valence-electron chi connectivity index (χ4n) is 2.26. The third-order valence-corrected chi connectivity index (χ3v) is 5.48. The smallest absolute Gasteiger partial charge is 0.315 e. The first-order chi connectivity index (χ1) is 11.3. The average Bonchev–Trinajstić information content (AvgIpc) is 2.84. The van der Waals surface area contributed by atoms with Crippen LogP contribution in [-0.2, 0) is 14.6 Å². The Bertz CT molecular complexity index is 738. The Hall–Kier alpha value is -2.00.